The number of anilines is 1. The summed E-state index contributed by atoms with van der Waals surface area (Å²) in [6, 6.07) is 15.6. The van der Waals surface area contributed by atoms with Gasteiger partial charge in [-0.3, -0.25) is 14.9 Å². The average Bonchev–Trinajstić information content (AvgIpc) is 2.86. The minimum absolute atomic E-state index is 0.103. The van der Waals surface area contributed by atoms with Crippen LogP contribution < -0.4 is 19.7 Å². The fourth-order valence-electron chi connectivity index (χ4n) is 3.93. The van der Waals surface area contributed by atoms with Crippen molar-refractivity contribution in [3.8, 4) is 11.5 Å². The lowest BCUT2D eigenvalue weighted by Gasteiger charge is -2.28. The van der Waals surface area contributed by atoms with Gasteiger partial charge in [-0.1, -0.05) is 37.3 Å². The number of carbonyl (C=O) groups excluding carboxylic acids is 3. The Hall–Kier alpha value is -3.98. The molecule has 1 heterocycles. The number of nitrogens with zero attached hydrogens (tertiary/aromatic N) is 1. The molecule has 1 aliphatic rings. The Morgan fingerprint density at radius 1 is 1.00 bits per heavy atom. The van der Waals surface area contributed by atoms with E-state index in [2.05, 4.69) is 21.2 Å². The zero-order valence-corrected chi connectivity index (χ0v) is 21.8. The fourth-order valence-corrected chi connectivity index (χ4v) is 4.50. The third kappa shape index (κ3) is 5.72. The monoisotopic (exact) mass is 566 g/mol. The average molecular weight is 567 g/mol. The number of rotatable bonds is 8. The second kappa shape index (κ2) is 11.4. The Morgan fingerprint density at radius 2 is 1.78 bits per heavy atom. The minimum atomic E-state index is -0.801. The lowest BCUT2D eigenvalue weighted by molar-refractivity contribution is -0.122. The van der Waals surface area contributed by atoms with Crippen molar-refractivity contribution in [2.24, 2.45) is 0 Å². The van der Waals surface area contributed by atoms with Crippen LogP contribution in [0.5, 0.6) is 11.5 Å². The highest BCUT2D eigenvalue weighted by molar-refractivity contribution is 9.10. The molecule has 4 amide bonds. The number of para-hydroxylation sites is 1. The van der Waals surface area contributed by atoms with Crippen molar-refractivity contribution in [3.63, 3.8) is 0 Å². The van der Waals surface area contributed by atoms with Crippen LogP contribution >= 0.6 is 15.9 Å². The molecular formula is C28H24BrFN2O5. The number of hydrogen-bond donors (Lipinski definition) is 1. The molecule has 3 aromatic rings. The van der Waals surface area contributed by atoms with Gasteiger partial charge in [0.15, 0.2) is 11.5 Å². The van der Waals surface area contributed by atoms with Crippen LogP contribution in [0.25, 0.3) is 6.08 Å². The molecule has 0 saturated carbocycles. The lowest BCUT2D eigenvalue weighted by atomic mass is 10.0. The van der Waals surface area contributed by atoms with Crippen LogP contribution in [0.3, 0.4) is 0 Å². The predicted octanol–water partition coefficient (Wildman–Crippen LogP) is 5.79. The van der Waals surface area contributed by atoms with E-state index in [9.17, 15) is 18.8 Å². The van der Waals surface area contributed by atoms with Gasteiger partial charge in [0.1, 0.15) is 18.0 Å². The zero-order valence-electron chi connectivity index (χ0n) is 20.2. The molecule has 0 atom stereocenters. The quantitative estimate of drug-likeness (QED) is 0.275. The first-order valence-electron chi connectivity index (χ1n) is 11.6. The number of hydrogen-bond acceptors (Lipinski definition) is 5. The number of halogens is 2. The van der Waals surface area contributed by atoms with E-state index >= 15 is 0 Å². The second-order valence-corrected chi connectivity index (χ2v) is 8.98. The second-order valence-electron chi connectivity index (χ2n) is 8.12. The molecule has 0 bridgehead atoms. The van der Waals surface area contributed by atoms with Crippen LogP contribution in [0.15, 0.2) is 70.7 Å². The van der Waals surface area contributed by atoms with Gasteiger partial charge in [-0.15, -0.1) is 0 Å². The van der Waals surface area contributed by atoms with Gasteiger partial charge in [-0.05, 0) is 82.4 Å². The molecular weight excluding hydrogens is 543 g/mol. The van der Waals surface area contributed by atoms with Crippen molar-refractivity contribution in [2.75, 3.05) is 11.5 Å². The van der Waals surface area contributed by atoms with Gasteiger partial charge < -0.3 is 9.47 Å². The van der Waals surface area contributed by atoms with Gasteiger partial charge in [0.05, 0.1) is 16.8 Å². The molecule has 0 radical (unpaired) electrons. The molecule has 1 fully saturated rings. The van der Waals surface area contributed by atoms with Gasteiger partial charge in [-0.25, -0.2) is 14.1 Å². The maximum atomic E-state index is 13.5. The van der Waals surface area contributed by atoms with E-state index in [-0.39, 0.29) is 18.0 Å². The van der Waals surface area contributed by atoms with Crippen molar-refractivity contribution in [2.45, 2.75) is 26.9 Å². The van der Waals surface area contributed by atoms with Gasteiger partial charge in [-0.2, -0.15) is 0 Å². The molecule has 3 aromatic carbocycles. The maximum absolute atomic E-state index is 13.5. The third-order valence-corrected chi connectivity index (χ3v) is 6.22. The van der Waals surface area contributed by atoms with E-state index < -0.39 is 17.8 Å². The minimum Gasteiger partial charge on any atom is -0.490 e. The molecule has 190 valence electrons. The fraction of sp³-hybridized carbons (Fsp3) is 0.179. The molecule has 4 rings (SSSR count). The van der Waals surface area contributed by atoms with Crippen LogP contribution in [-0.4, -0.2) is 24.5 Å². The molecule has 0 spiro atoms. The largest absolute Gasteiger partial charge is 0.490 e. The van der Waals surface area contributed by atoms with Crippen molar-refractivity contribution >= 4 is 45.5 Å². The molecule has 1 saturated heterocycles. The number of nitrogens with one attached hydrogen (secondary N) is 1. The molecule has 7 nitrogen and oxygen atoms in total. The standard InChI is InChI=1S/C28H24BrFN2O5/c1-3-19-9-5-6-11-23(19)32-27(34)21(26(33)31-28(32)35)13-18-14-22(29)25(24(15-18)36-4-2)37-16-17-8-7-10-20(30)12-17/h5-15H,3-4,16H2,1-2H3,(H,31,33,35)/b21-13-. The molecule has 9 heteroatoms. The summed E-state index contributed by atoms with van der Waals surface area (Å²) >= 11 is 3.47. The first-order chi connectivity index (χ1) is 17.8. The third-order valence-electron chi connectivity index (χ3n) is 5.63. The summed E-state index contributed by atoms with van der Waals surface area (Å²) in [5.74, 6) is -1.12. The number of imide groups is 2. The zero-order chi connectivity index (χ0) is 26.5. The Bertz CT molecular complexity index is 1410. The highest BCUT2D eigenvalue weighted by Gasteiger charge is 2.37. The summed E-state index contributed by atoms with van der Waals surface area (Å²) in [6.07, 6.45) is 2.00. The molecule has 0 unspecified atom stereocenters. The topological polar surface area (TPSA) is 84.9 Å². The normalized spacial score (nSPS) is 14.6. The number of aryl methyl sites for hydroxylation is 1. The Kier molecular flexibility index (Phi) is 8.03. The molecule has 37 heavy (non-hydrogen) atoms. The lowest BCUT2D eigenvalue weighted by Crippen LogP contribution is -2.54. The van der Waals surface area contributed by atoms with Gasteiger partial charge in [0.25, 0.3) is 11.8 Å². The van der Waals surface area contributed by atoms with Crippen molar-refractivity contribution in [1.82, 2.24) is 5.32 Å². The molecule has 0 aliphatic carbocycles. The summed E-state index contributed by atoms with van der Waals surface area (Å²) in [7, 11) is 0. The van der Waals surface area contributed by atoms with Gasteiger partial charge in [0.2, 0.25) is 0 Å². The SMILES string of the molecule is CCOc1cc(/C=C2/C(=O)NC(=O)N(c3ccccc3CC)C2=O)cc(Br)c1OCc1cccc(F)c1. The number of barbiturate groups is 1. The Morgan fingerprint density at radius 3 is 2.51 bits per heavy atom. The van der Waals surface area contributed by atoms with E-state index in [1.165, 1.54) is 18.2 Å². The molecule has 1 aliphatic heterocycles. The number of carbonyl (C=O) groups is 3. The van der Waals surface area contributed by atoms with Crippen LogP contribution in [-0.2, 0) is 22.6 Å². The highest BCUT2D eigenvalue weighted by Crippen LogP contribution is 2.38. The summed E-state index contributed by atoms with van der Waals surface area (Å²) in [6.45, 7) is 4.16. The first kappa shape index (κ1) is 26.1. The summed E-state index contributed by atoms with van der Waals surface area (Å²) < 4.78 is 25.7. The van der Waals surface area contributed by atoms with E-state index in [0.717, 1.165) is 10.5 Å². The van der Waals surface area contributed by atoms with Crippen molar-refractivity contribution in [1.29, 1.82) is 0 Å². The smallest absolute Gasteiger partial charge is 0.335 e. The number of amides is 4. The molecule has 1 N–H and O–H groups in total. The van der Waals surface area contributed by atoms with E-state index in [1.54, 1.807) is 36.4 Å². The summed E-state index contributed by atoms with van der Waals surface area (Å²) in [4.78, 5) is 39.6. The Balaban J connectivity index is 1.68. The maximum Gasteiger partial charge on any atom is 0.335 e. The van der Waals surface area contributed by atoms with E-state index in [4.69, 9.17) is 9.47 Å². The van der Waals surface area contributed by atoms with Gasteiger partial charge >= 0.3 is 6.03 Å². The molecule has 0 aromatic heterocycles. The number of ether oxygens (including phenoxy) is 2. The van der Waals surface area contributed by atoms with Crippen LogP contribution in [0.1, 0.15) is 30.5 Å². The number of benzene rings is 3. The van der Waals surface area contributed by atoms with Crippen molar-refractivity contribution in [3.05, 3.63) is 93.2 Å². The first-order valence-corrected chi connectivity index (χ1v) is 12.4. The van der Waals surface area contributed by atoms with Crippen LogP contribution in [0, 0.1) is 5.82 Å². The number of urea groups is 1. The highest BCUT2D eigenvalue weighted by atomic mass is 79.9. The van der Waals surface area contributed by atoms with E-state index in [0.29, 0.717) is 45.8 Å². The van der Waals surface area contributed by atoms with Crippen molar-refractivity contribution < 1.29 is 28.2 Å². The van der Waals surface area contributed by atoms with E-state index in [1.807, 2.05) is 26.0 Å². The van der Waals surface area contributed by atoms with Crippen LogP contribution in [0.4, 0.5) is 14.9 Å². The summed E-state index contributed by atoms with van der Waals surface area (Å²) in [5, 5.41) is 2.25. The Labute approximate surface area is 222 Å². The van der Waals surface area contributed by atoms with Gasteiger partial charge in [0, 0.05) is 0 Å². The summed E-state index contributed by atoms with van der Waals surface area (Å²) in [5.41, 5.74) is 2.13. The van der Waals surface area contributed by atoms with Crippen LogP contribution in [0.2, 0.25) is 0 Å². The predicted molar refractivity (Wildman–Crippen MR) is 141 cm³/mol.